The number of alkyl halides is 2. The second-order valence-corrected chi connectivity index (χ2v) is 6.98. The van der Waals surface area contributed by atoms with Crippen LogP contribution in [0.25, 0.3) is 22.1 Å². The Morgan fingerprint density at radius 1 is 1.04 bits per heavy atom. The average Bonchev–Trinajstić information content (AvgIpc) is 3.01. The number of pyridine rings is 1. The van der Waals surface area contributed by atoms with Gasteiger partial charge in [0.25, 0.3) is 0 Å². The number of nitrogens with zero attached hydrogens (tertiary/aromatic N) is 5. The molecule has 5 nitrogen and oxygen atoms in total. The van der Waals surface area contributed by atoms with Crippen LogP contribution < -0.4 is 0 Å². The van der Waals surface area contributed by atoms with E-state index in [1.807, 2.05) is 0 Å². The van der Waals surface area contributed by atoms with Crippen molar-refractivity contribution in [3.63, 3.8) is 0 Å². The number of fused-ring (bicyclic) bond motifs is 2. The van der Waals surface area contributed by atoms with Crippen molar-refractivity contribution in [2.75, 3.05) is 0 Å². The molecule has 3 aromatic heterocycles. The minimum atomic E-state index is -2.70. The van der Waals surface area contributed by atoms with E-state index in [0.29, 0.717) is 28.1 Å². The number of halogens is 4. The van der Waals surface area contributed by atoms with Crippen LogP contribution in [-0.2, 0) is 6.54 Å². The van der Waals surface area contributed by atoms with Crippen LogP contribution in [-0.4, -0.2) is 30.4 Å². The topological polar surface area (TPSA) is 56.5 Å². The number of aromatic nitrogens is 5. The number of hydrogen-bond acceptors (Lipinski definition) is 4. The van der Waals surface area contributed by atoms with Crippen molar-refractivity contribution in [1.29, 1.82) is 0 Å². The van der Waals surface area contributed by atoms with Crippen LogP contribution in [0.15, 0.2) is 36.9 Å². The molecule has 4 aromatic rings. The van der Waals surface area contributed by atoms with Gasteiger partial charge in [-0.3, -0.25) is 4.98 Å². The molecule has 0 amide bonds. The lowest BCUT2D eigenvalue weighted by atomic mass is 9.80. The molecule has 0 atom stereocenters. The summed E-state index contributed by atoms with van der Waals surface area (Å²) in [5.74, 6) is -4.57. The van der Waals surface area contributed by atoms with Gasteiger partial charge in [0.05, 0.1) is 6.54 Å². The maximum atomic E-state index is 14.1. The van der Waals surface area contributed by atoms with Crippen LogP contribution in [0.2, 0.25) is 0 Å². The zero-order valence-electron chi connectivity index (χ0n) is 14.4. The summed E-state index contributed by atoms with van der Waals surface area (Å²) >= 11 is 0. The molecule has 0 bridgehead atoms. The highest BCUT2D eigenvalue weighted by Gasteiger charge is 2.48. The Morgan fingerprint density at radius 3 is 2.61 bits per heavy atom. The minimum Gasteiger partial charge on any atom is -0.306 e. The molecule has 1 fully saturated rings. The quantitative estimate of drug-likeness (QED) is 0.494. The van der Waals surface area contributed by atoms with E-state index in [1.165, 1.54) is 24.7 Å². The number of benzene rings is 1. The molecule has 0 unspecified atom stereocenters. The molecule has 9 heteroatoms. The van der Waals surface area contributed by atoms with Crippen LogP contribution in [0.3, 0.4) is 0 Å². The molecule has 1 saturated carbocycles. The molecule has 142 valence electrons. The molecule has 0 saturated heterocycles. The summed E-state index contributed by atoms with van der Waals surface area (Å²) in [5.41, 5.74) is 1.42. The summed E-state index contributed by atoms with van der Waals surface area (Å²) in [5, 5.41) is 0.550. The molecule has 5 rings (SSSR count). The molecule has 28 heavy (non-hydrogen) atoms. The van der Waals surface area contributed by atoms with Crippen molar-refractivity contribution in [2.24, 2.45) is 0 Å². The summed E-state index contributed by atoms with van der Waals surface area (Å²) in [4.78, 5) is 16.9. The largest absolute Gasteiger partial charge is 0.306 e. The van der Waals surface area contributed by atoms with Gasteiger partial charge in [-0.25, -0.2) is 32.5 Å². The van der Waals surface area contributed by atoms with E-state index >= 15 is 0 Å². The molecule has 0 spiro atoms. The standard InChI is InChI=1S/C19H13F4N5/c20-14-2-1-12-11(7-24-8-13(12)15(14)21)9-28-17(10-5-19(22,23)6-10)27-16-18(28)26-4-3-25-16/h1-4,7-8,10H,5-6,9H2. The normalized spacial score (nSPS) is 16.6. The van der Waals surface area contributed by atoms with E-state index in [-0.39, 0.29) is 24.8 Å². The van der Waals surface area contributed by atoms with Gasteiger partial charge >= 0.3 is 0 Å². The fourth-order valence-corrected chi connectivity index (χ4v) is 3.72. The van der Waals surface area contributed by atoms with Gasteiger partial charge in [0.1, 0.15) is 5.82 Å². The maximum Gasteiger partial charge on any atom is 0.249 e. The first-order valence-electron chi connectivity index (χ1n) is 8.68. The molecule has 0 aliphatic heterocycles. The second-order valence-electron chi connectivity index (χ2n) is 6.98. The third-order valence-electron chi connectivity index (χ3n) is 5.11. The zero-order valence-corrected chi connectivity index (χ0v) is 14.4. The van der Waals surface area contributed by atoms with E-state index < -0.39 is 23.5 Å². The number of rotatable bonds is 3. The van der Waals surface area contributed by atoms with Crippen LogP contribution >= 0.6 is 0 Å². The molecular formula is C19H13F4N5. The predicted octanol–water partition coefficient (Wildman–Crippen LogP) is 4.21. The Morgan fingerprint density at radius 2 is 1.82 bits per heavy atom. The summed E-state index contributed by atoms with van der Waals surface area (Å²) < 4.78 is 56.2. The van der Waals surface area contributed by atoms with Crippen LogP contribution in [0.4, 0.5) is 17.6 Å². The van der Waals surface area contributed by atoms with Crippen molar-refractivity contribution >= 4 is 22.1 Å². The fraction of sp³-hybridized carbons (Fsp3) is 0.263. The first kappa shape index (κ1) is 17.0. The van der Waals surface area contributed by atoms with E-state index in [4.69, 9.17) is 0 Å². The highest BCUT2D eigenvalue weighted by atomic mass is 19.3. The highest BCUT2D eigenvalue weighted by molar-refractivity contribution is 5.85. The first-order valence-corrected chi connectivity index (χ1v) is 8.68. The van der Waals surface area contributed by atoms with Crippen molar-refractivity contribution in [3.05, 3.63) is 59.9 Å². The van der Waals surface area contributed by atoms with E-state index in [0.717, 1.165) is 6.07 Å². The van der Waals surface area contributed by atoms with Crippen molar-refractivity contribution < 1.29 is 17.6 Å². The molecule has 1 aliphatic rings. The Balaban J connectivity index is 1.64. The molecule has 3 heterocycles. The first-order chi connectivity index (χ1) is 13.4. The lowest BCUT2D eigenvalue weighted by Gasteiger charge is -2.34. The van der Waals surface area contributed by atoms with Gasteiger partial charge in [-0.2, -0.15) is 0 Å². The number of imidazole rings is 1. The minimum absolute atomic E-state index is 0.0599. The smallest absolute Gasteiger partial charge is 0.249 e. The molecule has 1 aromatic carbocycles. The summed E-state index contributed by atoms with van der Waals surface area (Å²) in [6, 6.07) is 2.53. The molecular weight excluding hydrogens is 374 g/mol. The Bertz CT molecular complexity index is 1210. The van der Waals surface area contributed by atoms with E-state index in [2.05, 4.69) is 19.9 Å². The Hall–Kier alpha value is -3.10. The lowest BCUT2D eigenvalue weighted by Crippen LogP contribution is -2.35. The van der Waals surface area contributed by atoms with Gasteiger partial charge in [-0.15, -0.1) is 0 Å². The zero-order chi connectivity index (χ0) is 19.5. The second kappa shape index (κ2) is 5.95. The Labute approximate surface area is 156 Å². The van der Waals surface area contributed by atoms with Crippen LogP contribution in [0.1, 0.15) is 30.1 Å². The van der Waals surface area contributed by atoms with Gasteiger partial charge in [-0.1, -0.05) is 6.07 Å². The maximum absolute atomic E-state index is 14.1. The van der Waals surface area contributed by atoms with Crippen molar-refractivity contribution in [2.45, 2.75) is 31.2 Å². The Kier molecular flexibility index (Phi) is 3.62. The summed E-state index contributed by atoms with van der Waals surface area (Å²) in [6.07, 6.45) is 5.21. The average molecular weight is 387 g/mol. The van der Waals surface area contributed by atoms with Gasteiger partial charge in [0.2, 0.25) is 5.92 Å². The van der Waals surface area contributed by atoms with E-state index in [9.17, 15) is 17.6 Å². The molecule has 1 aliphatic carbocycles. The van der Waals surface area contributed by atoms with E-state index in [1.54, 1.807) is 10.8 Å². The van der Waals surface area contributed by atoms with Crippen LogP contribution in [0, 0.1) is 11.6 Å². The van der Waals surface area contributed by atoms with Crippen molar-refractivity contribution in [1.82, 2.24) is 24.5 Å². The van der Waals surface area contributed by atoms with Crippen molar-refractivity contribution in [3.8, 4) is 0 Å². The highest BCUT2D eigenvalue weighted by Crippen LogP contribution is 2.48. The monoisotopic (exact) mass is 387 g/mol. The molecule has 0 N–H and O–H groups in total. The summed E-state index contributed by atoms with van der Waals surface area (Å²) in [7, 11) is 0. The SMILES string of the molecule is Fc1ccc2c(Cn3c(C4CC(F)(F)C4)nc4nccnc43)cncc2c1F. The summed E-state index contributed by atoms with van der Waals surface area (Å²) in [6.45, 7) is 0.183. The van der Waals surface area contributed by atoms with Gasteiger partial charge < -0.3 is 4.57 Å². The van der Waals surface area contributed by atoms with Gasteiger partial charge in [0, 0.05) is 48.9 Å². The third kappa shape index (κ3) is 2.61. The lowest BCUT2D eigenvalue weighted by molar-refractivity contribution is -0.0889. The van der Waals surface area contributed by atoms with Crippen LogP contribution in [0.5, 0.6) is 0 Å². The molecule has 0 radical (unpaired) electrons. The fourth-order valence-electron chi connectivity index (χ4n) is 3.72. The van der Waals surface area contributed by atoms with Gasteiger partial charge in [-0.05, 0) is 17.0 Å². The third-order valence-corrected chi connectivity index (χ3v) is 5.11. The number of hydrogen-bond donors (Lipinski definition) is 0. The predicted molar refractivity (Wildman–Crippen MR) is 93.0 cm³/mol. The van der Waals surface area contributed by atoms with Gasteiger partial charge in [0.15, 0.2) is 22.9 Å².